The molecule has 0 aliphatic carbocycles. The zero-order chi connectivity index (χ0) is 14.3. The Morgan fingerprint density at radius 1 is 1.47 bits per heavy atom. The third-order valence-corrected chi connectivity index (χ3v) is 3.58. The van der Waals surface area contributed by atoms with E-state index in [2.05, 4.69) is 4.90 Å². The van der Waals surface area contributed by atoms with E-state index in [0.717, 1.165) is 11.4 Å². The van der Waals surface area contributed by atoms with Gasteiger partial charge in [0.1, 0.15) is 6.04 Å². The summed E-state index contributed by atoms with van der Waals surface area (Å²) in [6, 6.07) is 3.43. The molecule has 1 heterocycles. The van der Waals surface area contributed by atoms with Gasteiger partial charge in [-0.25, -0.2) is 0 Å². The normalized spacial score (nSPS) is 12.7. The van der Waals surface area contributed by atoms with Crippen LogP contribution in [-0.2, 0) is 16.1 Å². The Labute approximate surface area is 118 Å². The summed E-state index contributed by atoms with van der Waals surface area (Å²) >= 11 is 1.65. The Balaban J connectivity index is 2.64. The molecule has 0 saturated heterocycles. The molecule has 1 amide bonds. The van der Waals surface area contributed by atoms with Crippen LogP contribution in [0.1, 0.15) is 4.88 Å². The van der Waals surface area contributed by atoms with Gasteiger partial charge >= 0.3 is 0 Å². The monoisotopic (exact) mass is 285 g/mol. The molecule has 0 fully saturated rings. The molecule has 5 nitrogen and oxygen atoms in total. The third-order valence-electron chi connectivity index (χ3n) is 2.72. The summed E-state index contributed by atoms with van der Waals surface area (Å²) in [4.78, 5) is 17.3. The minimum absolute atomic E-state index is 0.0582. The van der Waals surface area contributed by atoms with Crippen LogP contribution in [0, 0.1) is 0 Å². The van der Waals surface area contributed by atoms with Crippen LogP contribution in [-0.4, -0.2) is 62.7 Å². The van der Waals surface area contributed by atoms with Crippen LogP contribution < -0.4 is 5.73 Å². The first-order chi connectivity index (χ1) is 9.04. The van der Waals surface area contributed by atoms with Crippen molar-refractivity contribution in [2.24, 2.45) is 5.73 Å². The molecular weight excluding hydrogens is 262 g/mol. The van der Waals surface area contributed by atoms with Gasteiger partial charge < -0.3 is 20.3 Å². The Hall–Kier alpha value is -0.950. The lowest BCUT2D eigenvalue weighted by molar-refractivity contribution is -0.134. The first-order valence-electron chi connectivity index (χ1n) is 6.25. The second-order valence-electron chi connectivity index (χ2n) is 4.70. The molecule has 1 unspecified atom stereocenters. The van der Waals surface area contributed by atoms with Crippen molar-refractivity contribution in [3.05, 3.63) is 22.4 Å². The van der Waals surface area contributed by atoms with Crippen molar-refractivity contribution in [3.63, 3.8) is 0 Å². The average Bonchev–Trinajstić information content (AvgIpc) is 2.86. The molecule has 1 aromatic heterocycles. The van der Waals surface area contributed by atoms with E-state index in [9.17, 15) is 4.79 Å². The van der Waals surface area contributed by atoms with Crippen LogP contribution >= 0.6 is 11.3 Å². The van der Waals surface area contributed by atoms with E-state index in [1.54, 1.807) is 23.3 Å². The first-order valence-corrected chi connectivity index (χ1v) is 7.13. The van der Waals surface area contributed by atoms with E-state index in [1.165, 1.54) is 0 Å². The number of carbonyl (C=O) groups is 1. The van der Waals surface area contributed by atoms with Crippen molar-refractivity contribution in [1.82, 2.24) is 9.80 Å². The molecule has 6 heteroatoms. The topological polar surface area (TPSA) is 58.8 Å². The number of nitrogens with zero attached hydrogens (tertiary/aromatic N) is 2. The van der Waals surface area contributed by atoms with E-state index in [0.29, 0.717) is 13.1 Å². The van der Waals surface area contributed by atoms with E-state index in [1.807, 2.05) is 31.6 Å². The van der Waals surface area contributed by atoms with Crippen molar-refractivity contribution in [2.75, 3.05) is 40.9 Å². The van der Waals surface area contributed by atoms with Crippen LogP contribution in [0.2, 0.25) is 0 Å². The number of hydrogen-bond acceptors (Lipinski definition) is 5. The summed E-state index contributed by atoms with van der Waals surface area (Å²) < 4.78 is 4.96. The van der Waals surface area contributed by atoms with E-state index in [-0.39, 0.29) is 12.5 Å². The second-order valence-corrected chi connectivity index (χ2v) is 5.74. The summed E-state index contributed by atoms with van der Waals surface area (Å²) in [5.41, 5.74) is 5.84. The highest BCUT2D eigenvalue weighted by Crippen LogP contribution is 2.12. The quantitative estimate of drug-likeness (QED) is 0.760. The van der Waals surface area contributed by atoms with Gasteiger partial charge in [0, 0.05) is 25.1 Å². The summed E-state index contributed by atoms with van der Waals surface area (Å²) in [6.07, 6.45) is 0. The zero-order valence-corrected chi connectivity index (χ0v) is 12.7. The minimum atomic E-state index is -0.591. The molecule has 19 heavy (non-hydrogen) atoms. The molecule has 1 atom stereocenters. The fourth-order valence-corrected chi connectivity index (χ4v) is 2.38. The Kier molecular flexibility index (Phi) is 7.01. The maximum absolute atomic E-state index is 12.3. The fraction of sp³-hybridized carbons (Fsp3) is 0.615. The van der Waals surface area contributed by atoms with Gasteiger partial charge in [-0.05, 0) is 25.5 Å². The number of hydrogen-bond donors (Lipinski definition) is 1. The standard InChI is InChI=1S/C13H23N3O2S/c1-15(2)6-7-16(9-11-5-4-8-19-11)13(17)12(14)10-18-3/h4-5,8,12H,6-7,9-10,14H2,1-3H3. The largest absolute Gasteiger partial charge is 0.383 e. The number of rotatable bonds is 8. The van der Waals surface area contributed by atoms with Gasteiger partial charge in [0.2, 0.25) is 5.91 Å². The van der Waals surface area contributed by atoms with Crippen molar-refractivity contribution in [1.29, 1.82) is 0 Å². The maximum Gasteiger partial charge on any atom is 0.242 e. The molecule has 0 bridgehead atoms. The first kappa shape index (κ1) is 16.1. The van der Waals surface area contributed by atoms with Gasteiger partial charge in [-0.15, -0.1) is 11.3 Å². The molecular formula is C13H23N3O2S. The summed E-state index contributed by atoms with van der Waals surface area (Å²) in [6.45, 7) is 2.35. The van der Waals surface area contributed by atoms with Crippen molar-refractivity contribution in [3.8, 4) is 0 Å². The molecule has 1 rings (SSSR count). The number of thiophene rings is 1. The third kappa shape index (κ3) is 5.69. The maximum atomic E-state index is 12.3. The molecule has 0 aromatic carbocycles. The average molecular weight is 285 g/mol. The van der Waals surface area contributed by atoms with Crippen LogP contribution in [0.4, 0.5) is 0 Å². The number of likely N-dealkylation sites (N-methyl/N-ethyl adjacent to an activating group) is 1. The van der Waals surface area contributed by atoms with Gasteiger partial charge in [-0.2, -0.15) is 0 Å². The Morgan fingerprint density at radius 3 is 2.74 bits per heavy atom. The summed E-state index contributed by atoms with van der Waals surface area (Å²) in [5, 5.41) is 2.01. The van der Waals surface area contributed by atoms with Gasteiger partial charge in [0.25, 0.3) is 0 Å². The van der Waals surface area contributed by atoms with Crippen LogP contribution in [0.25, 0.3) is 0 Å². The second kappa shape index (κ2) is 8.27. The van der Waals surface area contributed by atoms with Crippen molar-refractivity contribution in [2.45, 2.75) is 12.6 Å². The van der Waals surface area contributed by atoms with Crippen LogP contribution in [0.3, 0.4) is 0 Å². The van der Waals surface area contributed by atoms with E-state index in [4.69, 9.17) is 10.5 Å². The molecule has 0 spiro atoms. The lowest BCUT2D eigenvalue weighted by atomic mass is 10.2. The molecule has 108 valence electrons. The Morgan fingerprint density at radius 2 is 2.21 bits per heavy atom. The molecule has 0 saturated carbocycles. The highest BCUT2D eigenvalue weighted by Gasteiger charge is 2.21. The number of ether oxygens (including phenoxy) is 1. The highest BCUT2D eigenvalue weighted by molar-refractivity contribution is 7.09. The molecule has 1 aromatic rings. The van der Waals surface area contributed by atoms with E-state index >= 15 is 0 Å². The minimum Gasteiger partial charge on any atom is -0.383 e. The van der Waals surface area contributed by atoms with Gasteiger partial charge in [0.05, 0.1) is 13.2 Å². The van der Waals surface area contributed by atoms with Gasteiger partial charge in [-0.1, -0.05) is 6.07 Å². The summed E-state index contributed by atoms with van der Waals surface area (Å²) in [7, 11) is 5.53. The number of nitrogens with two attached hydrogens (primary N) is 1. The Bertz CT molecular complexity index is 368. The molecule has 2 N–H and O–H groups in total. The lowest BCUT2D eigenvalue weighted by Gasteiger charge is -2.26. The van der Waals surface area contributed by atoms with Crippen LogP contribution in [0.15, 0.2) is 17.5 Å². The molecule has 0 aliphatic heterocycles. The van der Waals surface area contributed by atoms with Gasteiger partial charge in [-0.3, -0.25) is 4.79 Å². The number of amides is 1. The van der Waals surface area contributed by atoms with Crippen molar-refractivity contribution >= 4 is 17.2 Å². The number of carbonyl (C=O) groups excluding carboxylic acids is 1. The van der Waals surface area contributed by atoms with Crippen LogP contribution in [0.5, 0.6) is 0 Å². The molecule has 0 radical (unpaired) electrons. The molecule has 0 aliphatic rings. The predicted molar refractivity (Wildman–Crippen MR) is 78.1 cm³/mol. The summed E-state index contributed by atoms with van der Waals surface area (Å²) in [5.74, 6) is -0.0582. The van der Waals surface area contributed by atoms with Gasteiger partial charge in [0.15, 0.2) is 0 Å². The SMILES string of the molecule is COCC(N)C(=O)N(CCN(C)C)Cc1cccs1. The predicted octanol–water partition coefficient (Wildman–Crippen LogP) is 0.612. The zero-order valence-electron chi connectivity index (χ0n) is 11.8. The van der Waals surface area contributed by atoms with Crippen molar-refractivity contribution < 1.29 is 9.53 Å². The fourth-order valence-electron chi connectivity index (χ4n) is 1.66. The number of methoxy groups -OCH3 is 1. The smallest absolute Gasteiger partial charge is 0.242 e. The van der Waals surface area contributed by atoms with E-state index < -0.39 is 6.04 Å². The lowest BCUT2D eigenvalue weighted by Crippen LogP contribution is -2.47. The highest BCUT2D eigenvalue weighted by atomic mass is 32.1.